The lowest BCUT2D eigenvalue weighted by molar-refractivity contribution is -0.148. The SMILES string of the molecule is CCC(N)Cc1cc(Br)c(OCC(C)(C)C(=O)O)c(Br)c1. The molecule has 0 saturated heterocycles. The largest absolute Gasteiger partial charge is 0.490 e. The molecule has 0 bridgehead atoms. The number of rotatable bonds is 7. The zero-order valence-electron chi connectivity index (χ0n) is 12.5. The van der Waals surface area contributed by atoms with Crippen LogP contribution >= 0.6 is 31.9 Å². The first-order valence-corrected chi connectivity index (χ1v) is 8.35. The van der Waals surface area contributed by atoms with E-state index < -0.39 is 11.4 Å². The van der Waals surface area contributed by atoms with E-state index in [1.807, 2.05) is 12.1 Å². The number of hydrogen-bond donors (Lipinski definition) is 2. The second kappa shape index (κ2) is 7.61. The summed E-state index contributed by atoms with van der Waals surface area (Å²) in [6.45, 7) is 5.41. The summed E-state index contributed by atoms with van der Waals surface area (Å²) in [6.07, 6.45) is 1.70. The van der Waals surface area contributed by atoms with Gasteiger partial charge in [-0.1, -0.05) is 6.92 Å². The summed E-state index contributed by atoms with van der Waals surface area (Å²) in [4.78, 5) is 11.1. The van der Waals surface area contributed by atoms with Crippen LogP contribution < -0.4 is 10.5 Å². The van der Waals surface area contributed by atoms with E-state index in [-0.39, 0.29) is 12.6 Å². The molecule has 0 saturated carbocycles. The van der Waals surface area contributed by atoms with Gasteiger partial charge < -0.3 is 15.6 Å². The van der Waals surface area contributed by atoms with Crippen LogP contribution in [0, 0.1) is 5.41 Å². The van der Waals surface area contributed by atoms with Crippen molar-refractivity contribution >= 4 is 37.8 Å². The molecule has 0 fully saturated rings. The monoisotopic (exact) mass is 421 g/mol. The first-order chi connectivity index (χ1) is 9.67. The van der Waals surface area contributed by atoms with Crippen molar-refractivity contribution in [2.24, 2.45) is 11.1 Å². The Morgan fingerprint density at radius 1 is 1.38 bits per heavy atom. The van der Waals surface area contributed by atoms with Crippen molar-refractivity contribution in [3.63, 3.8) is 0 Å². The predicted molar refractivity (Wildman–Crippen MR) is 90.7 cm³/mol. The van der Waals surface area contributed by atoms with Crippen molar-refractivity contribution in [2.75, 3.05) is 6.61 Å². The predicted octanol–water partition coefficient (Wildman–Crippen LogP) is 3.98. The van der Waals surface area contributed by atoms with Crippen molar-refractivity contribution in [3.8, 4) is 5.75 Å². The molecular weight excluding hydrogens is 402 g/mol. The molecule has 0 aromatic heterocycles. The fraction of sp³-hybridized carbons (Fsp3) is 0.533. The second-order valence-corrected chi connectivity index (χ2v) is 7.45. The number of carboxylic acid groups (broad SMARTS) is 1. The van der Waals surface area contributed by atoms with Gasteiger partial charge in [-0.25, -0.2) is 0 Å². The van der Waals surface area contributed by atoms with Gasteiger partial charge in [-0.3, -0.25) is 4.79 Å². The number of carboxylic acids is 1. The highest BCUT2D eigenvalue weighted by molar-refractivity contribution is 9.11. The lowest BCUT2D eigenvalue weighted by atomic mass is 9.95. The third-order valence-electron chi connectivity index (χ3n) is 3.24. The third-order valence-corrected chi connectivity index (χ3v) is 4.41. The summed E-state index contributed by atoms with van der Waals surface area (Å²) in [6, 6.07) is 4.05. The summed E-state index contributed by atoms with van der Waals surface area (Å²) < 4.78 is 7.25. The second-order valence-electron chi connectivity index (χ2n) is 5.74. The van der Waals surface area contributed by atoms with Crippen LogP contribution in [0.4, 0.5) is 0 Å². The molecule has 1 atom stereocenters. The molecule has 1 rings (SSSR count). The van der Waals surface area contributed by atoms with Gasteiger partial charge in [0.1, 0.15) is 12.4 Å². The molecule has 4 nitrogen and oxygen atoms in total. The van der Waals surface area contributed by atoms with E-state index in [9.17, 15) is 4.79 Å². The molecule has 3 N–H and O–H groups in total. The minimum absolute atomic E-state index is 0.0906. The van der Waals surface area contributed by atoms with E-state index in [4.69, 9.17) is 15.6 Å². The quantitative estimate of drug-likeness (QED) is 0.696. The lowest BCUT2D eigenvalue weighted by Gasteiger charge is -2.21. The van der Waals surface area contributed by atoms with Gasteiger partial charge in [0.15, 0.2) is 0 Å². The number of benzene rings is 1. The van der Waals surface area contributed by atoms with Gasteiger partial charge >= 0.3 is 5.97 Å². The van der Waals surface area contributed by atoms with Crippen LogP contribution in [0.2, 0.25) is 0 Å². The van der Waals surface area contributed by atoms with Crippen LogP contribution in [0.3, 0.4) is 0 Å². The van der Waals surface area contributed by atoms with Gasteiger partial charge in [-0.05, 0) is 76.2 Å². The molecule has 1 unspecified atom stereocenters. The van der Waals surface area contributed by atoms with Crippen LogP contribution in [0.15, 0.2) is 21.1 Å². The summed E-state index contributed by atoms with van der Waals surface area (Å²) in [5.41, 5.74) is 6.13. The number of hydrogen-bond acceptors (Lipinski definition) is 3. The molecule has 0 amide bonds. The maximum absolute atomic E-state index is 11.1. The molecule has 0 aliphatic rings. The van der Waals surface area contributed by atoms with Crippen LogP contribution in [-0.4, -0.2) is 23.7 Å². The molecule has 0 spiro atoms. The normalized spacial score (nSPS) is 13.0. The highest BCUT2D eigenvalue weighted by Crippen LogP contribution is 2.36. The third kappa shape index (κ3) is 5.27. The number of nitrogens with two attached hydrogens (primary N) is 1. The minimum Gasteiger partial charge on any atom is -0.490 e. The van der Waals surface area contributed by atoms with E-state index in [0.717, 1.165) is 27.4 Å². The summed E-state index contributed by atoms with van der Waals surface area (Å²) in [5, 5.41) is 9.11. The van der Waals surface area contributed by atoms with Crippen molar-refractivity contribution in [2.45, 2.75) is 39.7 Å². The van der Waals surface area contributed by atoms with E-state index in [1.165, 1.54) is 0 Å². The van der Waals surface area contributed by atoms with Crippen LogP contribution in [-0.2, 0) is 11.2 Å². The standard InChI is InChI=1S/C15H21Br2NO3/c1-4-10(18)5-9-6-11(16)13(12(17)7-9)21-8-15(2,3)14(19)20/h6-7,10H,4-5,8,18H2,1-3H3,(H,19,20). The lowest BCUT2D eigenvalue weighted by Crippen LogP contribution is -2.30. The van der Waals surface area contributed by atoms with E-state index >= 15 is 0 Å². The zero-order valence-corrected chi connectivity index (χ0v) is 15.6. The number of halogens is 2. The van der Waals surface area contributed by atoms with Gasteiger partial charge in [-0.15, -0.1) is 0 Å². The highest BCUT2D eigenvalue weighted by Gasteiger charge is 2.28. The van der Waals surface area contributed by atoms with Gasteiger partial charge in [-0.2, -0.15) is 0 Å². The Balaban J connectivity index is 2.88. The van der Waals surface area contributed by atoms with Crippen molar-refractivity contribution in [1.82, 2.24) is 0 Å². The molecule has 1 aromatic rings. The Morgan fingerprint density at radius 3 is 2.33 bits per heavy atom. The number of ether oxygens (including phenoxy) is 1. The molecule has 0 heterocycles. The Labute approximate surface area is 142 Å². The minimum atomic E-state index is -0.942. The van der Waals surface area contributed by atoms with Crippen molar-refractivity contribution < 1.29 is 14.6 Å². The van der Waals surface area contributed by atoms with Crippen LogP contribution in [0.1, 0.15) is 32.8 Å². The van der Waals surface area contributed by atoms with E-state index in [0.29, 0.717) is 5.75 Å². The molecule has 0 aliphatic carbocycles. The van der Waals surface area contributed by atoms with Crippen LogP contribution in [0.5, 0.6) is 5.75 Å². The molecule has 6 heteroatoms. The molecule has 21 heavy (non-hydrogen) atoms. The van der Waals surface area contributed by atoms with Crippen molar-refractivity contribution in [3.05, 3.63) is 26.6 Å². The van der Waals surface area contributed by atoms with Gasteiger partial charge in [0, 0.05) is 6.04 Å². The first kappa shape index (κ1) is 18.5. The molecule has 118 valence electrons. The smallest absolute Gasteiger partial charge is 0.312 e. The summed E-state index contributed by atoms with van der Waals surface area (Å²) in [5.74, 6) is -0.279. The molecule has 0 radical (unpaired) electrons. The molecular formula is C15H21Br2NO3. The van der Waals surface area contributed by atoms with Gasteiger partial charge in [0.05, 0.1) is 14.4 Å². The van der Waals surface area contributed by atoms with E-state index in [2.05, 4.69) is 38.8 Å². The first-order valence-electron chi connectivity index (χ1n) is 6.77. The van der Waals surface area contributed by atoms with Crippen molar-refractivity contribution in [1.29, 1.82) is 0 Å². The van der Waals surface area contributed by atoms with Crippen LogP contribution in [0.25, 0.3) is 0 Å². The Bertz CT molecular complexity index is 495. The average molecular weight is 423 g/mol. The maximum Gasteiger partial charge on any atom is 0.312 e. The fourth-order valence-electron chi connectivity index (χ4n) is 1.63. The molecule has 1 aromatic carbocycles. The average Bonchev–Trinajstić information content (AvgIpc) is 2.37. The highest BCUT2D eigenvalue weighted by atomic mass is 79.9. The molecule has 0 aliphatic heterocycles. The number of carbonyl (C=O) groups is 1. The van der Waals surface area contributed by atoms with Gasteiger partial charge in [0.25, 0.3) is 0 Å². The summed E-state index contributed by atoms with van der Waals surface area (Å²) >= 11 is 6.94. The Hall–Kier alpha value is -0.590. The van der Waals surface area contributed by atoms with E-state index in [1.54, 1.807) is 13.8 Å². The maximum atomic E-state index is 11.1. The Kier molecular flexibility index (Phi) is 6.69. The number of aliphatic carboxylic acids is 1. The van der Waals surface area contributed by atoms with Gasteiger partial charge in [0.2, 0.25) is 0 Å². The fourth-order valence-corrected chi connectivity index (χ4v) is 3.14. The Morgan fingerprint density at radius 2 is 1.90 bits per heavy atom. The zero-order chi connectivity index (χ0) is 16.2. The summed E-state index contributed by atoms with van der Waals surface area (Å²) in [7, 11) is 0. The topological polar surface area (TPSA) is 72.5 Å².